The Bertz CT molecular complexity index is 934. The van der Waals surface area contributed by atoms with Gasteiger partial charge in [-0.1, -0.05) is 24.3 Å². The number of nitrogens with zero attached hydrogens (tertiary/aromatic N) is 2. The molecule has 0 fully saturated rings. The maximum absolute atomic E-state index is 13.2. The number of sulfonamides is 1. The molecule has 0 aliphatic rings. The number of hydrogen-bond donors (Lipinski definition) is 0. The molecule has 0 spiro atoms. The van der Waals surface area contributed by atoms with E-state index in [1.165, 1.54) is 10.4 Å². The fourth-order valence-corrected chi connectivity index (χ4v) is 4.34. The van der Waals surface area contributed by atoms with Crippen molar-refractivity contribution in [1.29, 1.82) is 5.26 Å². The fourth-order valence-electron chi connectivity index (χ4n) is 2.61. The highest BCUT2D eigenvalue weighted by Gasteiger charge is 2.26. The molecule has 0 N–H and O–H groups in total. The molecule has 7 heteroatoms. The molecule has 0 saturated heterocycles. The highest BCUT2D eigenvalue weighted by molar-refractivity contribution is 7.92. The van der Waals surface area contributed by atoms with Crippen LogP contribution in [0.3, 0.4) is 0 Å². The van der Waals surface area contributed by atoms with Crippen LogP contribution in [0.25, 0.3) is 0 Å². The van der Waals surface area contributed by atoms with Gasteiger partial charge in [0.15, 0.2) is 0 Å². The first-order valence-electron chi connectivity index (χ1n) is 8.64. The summed E-state index contributed by atoms with van der Waals surface area (Å²) in [6, 6.07) is 15.3. The van der Waals surface area contributed by atoms with Crippen molar-refractivity contribution in [1.82, 2.24) is 0 Å². The zero-order valence-corrected chi connectivity index (χ0v) is 16.2. The first-order valence-corrected chi connectivity index (χ1v) is 10.1. The van der Waals surface area contributed by atoms with Crippen LogP contribution in [0.1, 0.15) is 35.7 Å². The summed E-state index contributed by atoms with van der Waals surface area (Å²) >= 11 is 0. The summed E-state index contributed by atoms with van der Waals surface area (Å²) in [5.41, 5.74) is 1.27. The summed E-state index contributed by atoms with van der Waals surface area (Å²) in [5.74, 6) is -0.604. The summed E-state index contributed by atoms with van der Waals surface area (Å²) < 4.78 is 32.8. The molecule has 2 aromatic rings. The van der Waals surface area contributed by atoms with E-state index in [1.807, 2.05) is 12.1 Å². The summed E-state index contributed by atoms with van der Waals surface area (Å²) in [7, 11) is -3.84. The van der Waals surface area contributed by atoms with Gasteiger partial charge in [-0.25, -0.2) is 13.2 Å². The van der Waals surface area contributed by atoms with Crippen molar-refractivity contribution in [2.75, 3.05) is 17.5 Å². The number of anilines is 1. The van der Waals surface area contributed by atoms with Crippen LogP contribution in [-0.4, -0.2) is 27.5 Å². The Morgan fingerprint density at radius 3 is 2.52 bits per heavy atom. The number of carbonyl (C=O) groups excluding carboxylic acids is 1. The predicted molar refractivity (Wildman–Crippen MR) is 103 cm³/mol. The SMILES string of the molecule is CCN(c1ccccc1)S(=O)(=O)c1cc(C(=O)OCCCC#N)ccc1C. The predicted octanol–water partition coefficient (Wildman–Crippen LogP) is 3.67. The van der Waals surface area contributed by atoms with Gasteiger partial charge in [-0.3, -0.25) is 4.31 Å². The number of rotatable bonds is 8. The third-order valence-corrected chi connectivity index (χ3v) is 6.03. The molecule has 0 radical (unpaired) electrons. The summed E-state index contributed by atoms with van der Waals surface area (Å²) in [4.78, 5) is 12.3. The first kappa shape index (κ1) is 20.5. The summed E-state index contributed by atoms with van der Waals surface area (Å²) in [5, 5.41) is 8.51. The average molecular weight is 386 g/mol. The number of aryl methyl sites for hydroxylation is 1. The molecule has 2 aromatic carbocycles. The standard InChI is InChI=1S/C20H22N2O4S/c1-3-22(18-9-5-4-6-10-18)27(24,25)19-15-17(12-11-16(19)2)20(23)26-14-8-7-13-21/h4-6,9-12,15H,3,7-8,14H2,1-2H3. The third kappa shape index (κ3) is 4.86. The van der Waals surface area contributed by atoms with E-state index >= 15 is 0 Å². The molecular formula is C20H22N2O4S. The number of esters is 1. The highest BCUT2D eigenvalue weighted by Crippen LogP contribution is 2.26. The third-order valence-electron chi connectivity index (χ3n) is 3.99. The Balaban J connectivity index is 2.34. The molecule has 6 nitrogen and oxygen atoms in total. The van der Waals surface area contributed by atoms with Gasteiger partial charge >= 0.3 is 5.97 Å². The van der Waals surface area contributed by atoms with E-state index in [0.29, 0.717) is 24.1 Å². The Hall–Kier alpha value is -2.85. The molecule has 2 rings (SSSR count). The van der Waals surface area contributed by atoms with Crippen LogP contribution in [0.2, 0.25) is 0 Å². The molecule has 0 atom stereocenters. The minimum absolute atomic E-state index is 0.0691. The molecule has 0 bridgehead atoms. The number of benzene rings is 2. The molecule has 0 saturated carbocycles. The van der Waals surface area contributed by atoms with Gasteiger partial charge in [-0.05, 0) is 50.1 Å². The van der Waals surface area contributed by atoms with E-state index in [2.05, 4.69) is 0 Å². The van der Waals surface area contributed by atoms with E-state index in [9.17, 15) is 13.2 Å². The average Bonchev–Trinajstić information content (AvgIpc) is 2.66. The van der Waals surface area contributed by atoms with Crippen LogP contribution in [0.5, 0.6) is 0 Å². The molecule has 0 amide bonds. The van der Waals surface area contributed by atoms with E-state index in [1.54, 1.807) is 50.2 Å². The van der Waals surface area contributed by atoms with Crippen LogP contribution in [0.15, 0.2) is 53.4 Å². The van der Waals surface area contributed by atoms with Gasteiger partial charge in [0.25, 0.3) is 10.0 Å². The van der Waals surface area contributed by atoms with Crippen LogP contribution in [0.4, 0.5) is 5.69 Å². The number of ether oxygens (including phenoxy) is 1. The molecule has 0 aliphatic carbocycles. The van der Waals surface area contributed by atoms with Crippen LogP contribution < -0.4 is 4.31 Å². The minimum atomic E-state index is -3.84. The van der Waals surface area contributed by atoms with E-state index in [-0.39, 0.29) is 23.6 Å². The number of para-hydroxylation sites is 1. The molecule has 27 heavy (non-hydrogen) atoms. The lowest BCUT2D eigenvalue weighted by atomic mass is 10.1. The van der Waals surface area contributed by atoms with E-state index in [4.69, 9.17) is 10.00 Å². The Morgan fingerprint density at radius 2 is 1.89 bits per heavy atom. The van der Waals surface area contributed by atoms with Gasteiger partial charge in [-0.15, -0.1) is 0 Å². The van der Waals surface area contributed by atoms with Crippen molar-refractivity contribution in [3.63, 3.8) is 0 Å². The quantitative estimate of drug-likeness (QED) is 0.510. The number of unbranched alkanes of at least 4 members (excludes halogenated alkanes) is 1. The molecule has 142 valence electrons. The molecule has 0 aliphatic heterocycles. The highest BCUT2D eigenvalue weighted by atomic mass is 32.2. The second kappa shape index (κ2) is 9.19. The number of nitriles is 1. The Kier molecular flexibility index (Phi) is 6.97. The zero-order valence-electron chi connectivity index (χ0n) is 15.4. The number of hydrogen-bond acceptors (Lipinski definition) is 5. The van der Waals surface area contributed by atoms with Gasteiger partial charge < -0.3 is 4.74 Å². The lowest BCUT2D eigenvalue weighted by molar-refractivity contribution is 0.0501. The van der Waals surface area contributed by atoms with Gasteiger partial charge in [0.05, 0.1) is 28.8 Å². The second-order valence-electron chi connectivity index (χ2n) is 5.88. The topological polar surface area (TPSA) is 87.5 Å². The van der Waals surface area contributed by atoms with E-state index < -0.39 is 16.0 Å². The molecular weight excluding hydrogens is 364 g/mol. The van der Waals surface area contributed by atoms with Gasteiger partial charge in [-0.2, -0.15) is 5.26 Å². The summed E-state index contributed by atoms with van der Waals surface area (Å²) in [6.07, 6.45) is 0.736. The fraction of sp³-hybridized carbons (Fsp3) is 0.300. The van der Waals surface area contributed by atoms with Gasteiger partial charge in [0, 0.05) is 13.0 Å². The maximum atomic E-state index is 13.2. The van der Waals surface area contributed by atoms with Crippen LogP contribution in [0, 0.1) is 18.3 Å². The monoisotopic (exact) mass is 386 g/mol. The normalized spacial score (nSPS) is 10.9. The van der Waals surface area contributed by atoms with Crippen molar-refractivity contribution in [3.05, 3.63) is 59.7 Å². The lowest BCUT2D eigenvalue weighted by Gasteiger charge is -2.24. The maximum Gasteiger partial charge on any atom is 0.338 e. The van der Waals surface area contributed by atoms with Crippen molar-refractivity contribution < 1.29 is 17.9 Å². The molecule has 0 heterocycles. The van der Waals surface area contributed by atoms with Crippen molar-refractivity contribution >= 4 is 21.7 Å². The molecule has 0 aromatic heterocycles. The van der Waals surface area contributed by atoms with Gasteiger partial charge in [0.1, 0.15) is 0 Å². The second-order valence-corrected chi connectivity index (χ2v) is 7.71. The smallest absolute Gasteiger partial charge is 0.338 e. The number of carbonyl (C=O) groups is 1. The van der Waals surface area contributed by atoms with Crippen molar-refractivity contribution in [2.45, 2.75) is 31.6 Å². The molecule has 0 unspecified atom stereocenters. The minimum Gasteiger partial charge on any atom is -0.462 e. The van der Waals surface area contributed by atoms with E-state index in [0.717, 1.165) is 0 Å². The van der Waals surface area contributed by atoms with Crippen molar-refractivity contribution in [3.8, 4) is 6.07 Å². The Morgan fingerprint density at radius 1 is 1.19 bits per heavy atom. The first-order chi connectivity index (χ1) is 12.9. The van der Waals surface area contributed by atoms with Gasteiger partial charge in [0.2, 0.25) is 0 Å². The van der Waals surface area contributed by atoms with Crippen molar-refractivity contribution in [2.24, 2.45) is 0 Å². The Labute approximate surface area is 160 Å². The van der Waals surface area contributed by atoms with Crippen LogP contribution >= 0.6 is 0 Å². The lowest BCUT2D eigenvalue weighted by Crippen LogP contribution is -2.31. The summed E-state index contributed by atoms with van der Waals surface area (Å²) in [6.45, 7) is 3.82. The zero-order chi connectivity index (χ0) is 19.9. The van der Waals surface area contributed by atoms with Crippen LogP contribution in [-0.2, 0) is 14.8 Å². The largest absolute Gasteiger partial charge is 0.462 e.